The van der Waals surface area contributed by atoms with E-state index in [0.29, 0.717) is 0 Å². The average molecular weight is 202 g/mol. The van der Waals surface area contributed by atoms with Crippen molar-refractivity contribution in [2.45, 2.75) is 13.3 Å². The second kappa shape index (κ2) is 3.35. The molecule has 0 saturated carbocycles. The van der Waals surface area contributed by atoms with E-state index in [1.807, 2.05) is 13.0 Å². The van der Waals surface area contributed by atoms with Crippen molar-refractivity contribution in [1.29, 1.82) is 0 Å². The lowest BCUT2D eigenvalue weighted by atomic mass is 9.94. The van der Waals surface area contributed by atoms with E-state index in [1.165, 1.54) is 5.56 Å². The highest BCUT2D eigenvalue weighted by molar-refractivity contribution is 5.73. The summed E-state index contributed by atoms with van der Waals surface area (Å²) in [5.74, 6) is 1.54. The molecule has 3 rings (SSSR count). The molecule has 3 nitrogen and oxygen atoms in total. The van der Waals surface area contributed by atoms with E-state index in [-0.39, 0.29) is 0 Å². The molecule has 1 aliphatic heterocycles. The summed E-state index contributed by atoms with van der Waals surface area (Å²) in [6.07, 6.45) is 1.14. The highest BCUT2D eigenvalue weighted by Crippen LogP contribution is 2.19. The van der Waals surface area contributed by atoms with E-state index >= 15 is 0 Å². The Morgan fingerprint density at radius 3 is 3.07 bits per heavy atom. The predicted octanol–water partition coefficient (Wildman–Crippen LogP) is 1.90. The second-order valence-corrected chi connectivity index (χ2v) is 4.26. The lowest BCUT2D eigenvalue weighted by Crippen LogP contribution is -2.43. The van der Waals surface area contributed by atoms with Crippen LogP contribution in [-0.2, 0) is 6.42 Å². The Kier molecular flexibility index (Phi) is 1.99. The molecular formula is C12H14N2O. The number of oxazole rings is 1. The molecule has 0 atom stereocenters. The molecule has 0 amide bonds. The summed E-state index contributed by atoms with van der Waals surface area (Å²) in [4.78, 5) is 4.29. The maximum absolute atomic E-state index is 5.52. The highest BCUT2D eigenvalue weighted by atomic mass is 16.3. The lowest BCUT2D eigenvalue weighted by Gasteiger charge is -2.26. The number of hydrogen-bond acceptors (Lipinski definition) is 3. The van der Waals surface area contributed by atoms with Crippen molar-refractivity contribution in [2.24, 2.45) is 5.92 Å². The average Bonchev–Trinajstić information content (AvgIpc) is 2.50. The Balaban J connectivity index is 1.90. The van der Waals surface area contributed by atoms with E-state index in [4.69, 9.17) is 4.42 Å². The third kappa shape index (κ3) is 1.63. The number of nitrogens with zero attached hydrogens (tertiary/aromatic N) is 1. The SMILES string of the molecule is Cc1nc2ccc(CC3CNC3)cc2o1. The summed E-state index contributed by atoms with van der Waals surface area (Å²) in [5, 5.41) is 3.29. The van der Waals surface area contributed by atoms with Gasteiger partial charge in [-0.05, 0) is 43.1 Å². The van der Waals surface area contributed by atoms with Gasteiger partial charge in [0.25, 0.3) is 0 Å². The molecule has 1 saturated heterocycles. The Labute approximate surface area is 88.5 Å². The summed E-state index contributed by atoms with van der Waals surface area (Å²) >= 11 is 0. The number of aromatic nitrogens is 1. The molecule has 3 heteroatoms. The van der Waals surface area contributed by atoms with Crippen LogP contribution in [0.1, 0.15) is 11.5 Å². The minimum atomic E-state index is 0.743. The van der Waals surface area contributed by atoms with E-state index in [0.717, 1.165) is 42.4 Å². The smallest absolute Gasteiger partial charge is 0.192 e. The monoisotopic (exact) mass is 202 g/mol. The summed E-state index contributed by atoms with van der Waals surface area (Å²) in [6.45, 7) is 4.18. The van der Waals surface area contributed by atoms with Gasteiger partial charge in [0.2, 0.25) is 0 Å². The third-order valence-corrected chi connectivity index (χ3v) is 2.95. The van der Waals surface area contributed by atoms with Gasteiger partial charge in [0.05, 0.1) is 0 Å². The van der Waals surface area contributed by atoms with Crippen molar-refractivity contribution in [1.82, 2.24) is 10.3 Å². The van der Waals surface area contributed by atoms with Crippen LogP contribution in [-0.4, -0.2) is 18.1 Å². The normalized spacial score (nSPS) is 16.9. The topological polar surface area (TPSA) is 38.1 Å². The number of hydrogen-bond donors (Lipinski definition) is 1. The van der Waals surface area contributed by atoms with Gasteiger partial charge in [0.15, 0.2) is 11.5 Å². The third-order valence-electron chi connectivity index (χ3n) is 2.95. The first-order valence-electron chi connectivity index (χ1n) is 5.38. The van der Waals surface area contributed by atoms with Crippen LogP contribution >= 0.6 is 0 Å². The number of aryl methyl sites for hydroxylation is 1. The van der Waals surface area contributed by atoms with Crippen molar-refractivity contribution in [3.05, 3.63) is 29.7 Å². The molecule has 0 bridgehead atoms. The van der Waals surface area contributed by atoms with Crippen LogP contribution in [0.4, 0.5) is 0 Å². The molecule has 1 fully saturated rings. The number of fused-ring (bicyclic) bond motifs is 1. The molecule has 0 spiro atoms. The van der Waals surface area contributed by atoms with Gasteiger partial charge in [-0.1, -0.05) is 6.07 Å². The summed E-state index contributed by atoms with van der Waals surface area (Å²) in [5.41, 5.74) is 3.23. The van der Waals surface area contributed by atoms with Gasteiger partial charge in [-0.25, -0.2) is 4.98 Å². The van der Waals surface area contributed by atoms with Gasteiger partial charge in [0.1, 0.15) is 5.52 Å². The molecule has 1 aromatic carbocycles. The quantitative estimate of drug-likeness (QED) is 0.808. The molecule has 1 aliphatic rings. The zero-order valence-corrected chi connectivity index (χ0v) is 8.79. The Morgan fingerprint density at radius 1 is 1.47 bits per heavy atom. The van der Waals surface area contributed by atoms with Crippen molar-refractivity contribution in [3.8, 4) is 0 Å². The van der Waals surface area contributed by atoms with Gasteiger partial charge in [0, 0.05) is 6.92 Å². The van der Waals surface area contributed by atoms with Crippen LogP contribution in [0.5, 0.6) is 0 Å². The van der Waals surface area contributed by atoms with Gasteiger partial charge in [-0.2, -0.15) is 0 Å². The number of rotatable bonds is 2. The van der Waals surface area contributed by atoms with Crippen LogP contribution in [0.2, 0.25) is 0 Å². The summed E-state index contributed by atoms with van der Waals surface area (Å²) < 4.78 is 5.52. The molecule has 78 valence electrons. The second-order valence-electron chi connectivity index (χ2n) is 4.26. The molecule has 0 aliphatic carbocycles. The molecule has 1 aromatic heterocycles. The first-order chi connectivity index (χ1) is 7.31. The Bertz CT molecular complexity index is 485. The van der Waals surface area contributed by atoms with Crippen molar-refractivity contribution in [2.75, 3.05) is 13.1 Å². The first-order valence-corrected chi connectivity index (χ1v) is 5.38. The van der Waals surface area contributed by atoms with Crippen LogP contribution in [0.15, 0.2) is 22.6 Å². The summed E-state index contributed by atoms with van der Waals surface area (Å²) in [6, 6.07) is 6.32. The molecule has 1 N–H and O–H groups in total. The Morgan fingerprint density at radius 2 is 2.33 bits per heavy atom. The zero-order chi connectivity index (χ0) is 10.3. The molecule has 15 heavy (non-hydrogen) atoms. The summed E-state index contributed by atoms with van der Waals surface area (Å²) in [7, 11) is 0. The first kappa shape index (κ1) is 8.92. The van der Waals surface area contributed by atoms with Crippen LogP contribution in [0, 0.1) is 12.8 Å². The Hall–Kier alpha value is -1.35. The predicted molar refractivity (Wildman–Crippen MR) is 58.8 cm³/mol. The zero-order valence-electron chi connectivity index (χ0n) is 8.79. The fourth-order valence-electron chi connectivity index (χ4n) is 2.04. The maximum Gasteiger partial charge on any atom is 0.192 e. The maximum atomic E-state index is 5.52. The fraction of sp³-hybridized carbons (Fsp3) is 0.417. The van der Waals surface area contributed by atoms with Gasteiger partial charge >= 0.3 is 0 Å². The van der Waals surface area contributed by atoms with Crippen LogP contribution < -0.4 is 5.32 Å². The molecule has 0 radical (unpaired) electrons. The van der Waals surface area contributed by atoms with E-state index < -0.39 is 0 Å². The van der Waals surface area contributed by atoms with Crippen molar-refractivity contribution < 1.29 is 4.42 Å². The fourth-order valence-corrected chi connectivity index (χ4v) is 2.04. The van der Waals surface area contributed by atoms with Crippen molar-refractivity contribution >= 4 is 11.1 Å². The minimum Gasteiger partial charge on any atom is -0.441 e. The molecule has 0 unspecified atom stereocenters. The van der Waals surface area contributed by atoms with E-state index in [9.17, 15) is 0 Å². The highest BCUT2D eigenvalue weighted by Gasteiger charge is 2.17. The molecule has 2 aromatic rings. The van der Waals surface area contributed by atoms with Gasteiger partial charge < -0.3 is 9.73 Å². The van der Waals surface area contributed by atoms with Crippen LogP contribution in [0.25, 0.3) is 11.1 Å². The lowest BCUT2D eigenvalue weighted by molar-refractivity contribution is 0.346. The van der Waals surface area contributed by atoms with Gasteiger partial charge in [-0.15, -0.1) is 0 Å². The van der Waals surface area contributed by atoms with E-state index in [2.05, 4.69) is 22.4 Å². The number of nitrogens with one attached hydrogen (secondary N) is 1. The molecule has 2 heterocycles. The van der Waals surface area contributed by atoms with Crippen molar-refractivity contribution in [3.63, 3.8) is 0 Å². The number of benzene rings is 1. The molecular weight excluding hydrogens is 188 g/mol. The van der Waals surface area contributed by atoms with E-state index in [1.54, 1.807) is 0 Å². The standard InChI is InChI=1S/C12H14N2O/c1-8-14-11-3-2-9(5-12(11)15-8)4-10-6-13-7-10/h2-3,5,10,13H,4,6-7H2,1H3. The largest absolute Gasteiger partial charge is 0.441 e. The van der Waals surface area contributed by atoms with Gasteiger partial charge in [-0.3, -0.25) is 0 Å². The minimum absolute atomic E-state index is 0.743. The van der Waals surface area contributed by atoms with Crippen LogP contribution in [0.3, 0.4) is 0 Å².